The van der Waals surface area contributed by atoms with Crippen LogP contribution in [0.15, 0.2) is 47.6 Å². The van der Waals surface area contributed by atoms with E-state index in [2.05, 4.69) is 15.4 Å². The molecule has 0 bridgehead atoms. The van der Waals surface area contributed by atoms with Gasteiger partial charge in [-0.05, 0) is 41.7 Å². The van der Waals surface area contributed by atoms with Gasteiger partial charge in [-0.3, -0.25) is 9.67 Å². The third-order valence-electron chi connectivity index (χ3n) is 3.31. The van der Waals surface area contributed by atoms with Crippen LogP contribution < -0.4 is 4.74 Å². The number of nitrogens with one attached hydrogen (secondary N) is 1. The van der Waals surface area contributed by atoms with E-state index in [1.54, 1.807) is 23.8 Å². The van der Waals surface area contributed by atoms with Crippen molar-refractivity contribution in [2.45, 2.75) is 0 Å². The number of hydrogen-bond donors (Lipinski definition) is 2. The summed E-state index contributed by atoms with van der Waals surface area (Å²) < 4.78 is 7.25. The molecular formula is C15H12N4O3S. The van der Waals surface area contributed by atoms with E-state index in [1.807, 2.05) is 18.2 Å². The summed E-state index contributed by atoms with van der Waals surface area (Å²) in [7, 11) is 1.58. The van der Waals surface area contributed by atoms with Crippen molar-refractivity contribution in [1.82, 2.24) is 14.8 Å². The Labute approximate surface area is 136 Å². The Kier molecular flexibility index (Phi) is 3.90. The highest BCUT2D eigenvalue weighted by atomic mass is 32.1. The molecule has 0 aliphatic rings. The van der Waals surface area contributed by atoms with Gasteiger partial charge >= 0.3 is 0 Å². The first-order chi connectivity index (χ1) is 11.1. The molecule has 0 atom stereocenters. The number of phenols is 1. The number of phenolic OH excluding ortho intramolecular Hbond substituents is 1. The predicted molar refractivity (Wildman–Crippen MR) is 87.9 cm³/mol. The molecule has 0 aliphatic heterocycles. The number of hydrogen-bond acceptors (Lipinski definition) is 6. The molecule has 3 aromatic rings. The van der Waals surface area contributed by atoms with Gasteiger partial charge in [-0.1, -0.05) is 6.07 Å². The van der Waals surface area contributed by atoms with Gasteiger partial charge < -0.3 is 9.84 Å². The quantitative estimate of drug-likeness (QED) is 0.562. The van der Waals surface area contributed by atoms with Crippen molar-refractivity contribution in [3.05, 3.63) is 52.1 Å². The summed E-state index contributed by atoms with van der Waals surface area (Å²) in [4.78, 5) is 10.6. The van der Waals surface area contributed by atoms with Gasteiger partial charge in [0, 0.05) is 12.1 Å². The summed E-state index contributed by atoms with van der Waals surface area (Å²) in [5, 5.41) is 19.8. The lowest BCUT2D eigenvalue weighted by molar-refractivity contribution is 0.414. The van der Waals surface area contributed by atoms with Crippen LogP contribution in [0.4, 0.5) is 5.69 Å². The monoisotopic (exact) mass is 328 g/mol. The molecule has 23 heavy (non-hydrogen) atoms. The van der Waals surface area contributed by atoms with Crippen LogP contribution in [-0.2, 0) is 0 Å². The van der Waals surface area contributed by atoms with Crippen molar-refractivity contribution in [3.63, 3.8) is 0 Å². The summed E-state index contributed by atoms with van der Waals surface area (Å²) in [5.41, 5.74) is 1.29. The van der Waals surface area contributed by atoms with Crippen LogP contribution >= 0.6 is 12.2 Å². The number of nitrogens with zero attached hydrogens (tertiary/aromatic N) is 3. The normalized spacial score (nSPS) is 10.5. The molecule has 8 heteroatoms. The molecule has 0 saturated carbocycles. The van der Waals surface area contributed by atoms with Crippen LogP contribution in [0.2, 0.25) is 0 Å². The van der Waals surface area contributed by atoms with Gasteiger partial charge in [0.2, 0.25) is 0 Å². The van der Waals surface area contributed by atoms with Gasteiger partial charge in [0.05, 0.1) is 18.4 Å². The molecule has 0 saturated heterocycles. The largest absolute Gasteiger partial charge is 0.507 e. The van der Waals surface area contributed by atoms with Crippen LogP contribution in [-0.4, -0.2) is 27.0 Å². The van der Waals surface area contributed by atoms with E-state index >= 15 is 0 Å². The van der Waals surface area contributed by atoms with E-state index in [9.17, 15) is 10.0 Å². The standard InChI is InChI=1S/C15H12N4O3S/c1-22-11-4-2-3-10(8-11)19-14(16-17-15(19)23)12-6-5-9(18-21)7-13(12)20/h2-8,20H,1H3,(H,17,23). The minimum Gasteiger partial charge on any atom is -0.507 e. The molecule has 0 spiro atoms. The van der Waals surface area contributed by atoms with E-state index < -0.39 is 0 Å². The Bertz CT molecular complexity index is 932. The lowest BCUT2D eigenvalue weighted by Gasteiger charge is -2.09. The molecule has 0 amide bonds. The number of methoxy groups -OCH3 is 1. The SMILES string of the molecule is COc1cccc(-n2c(-c3ccc(N=O)cc3O)n[nH]c2=S)c1. The summed E-state index contributed by atoms with van der Waals surface area (Å²) in [6, 6.07) is 11.6. The number of H-pyrrole nitrogens is 1. The Morgan fingerprint density at radius 3 is 2.83 bits per heavy atom. The molecule has 0 aliphatic carbocycles. The summed E-state index contributed by atoms with van der Waals surface area (Å²) in [5.74, 6) is 0.972. The molecule has 0 radical (unpaired) electrons. The fourth-order valence-electron chi connectivity index (χ4n) is 2.23. The molecule has 1 aromatic heterocycles. The van der Waals surface area contributed by atoms with Crippen molar-refractivity contribution in [1.29, 1.82) is 0 Å². The fourth-order valence-corrected chi connectivity index (χ4v) is 2.47. The maximum atomic E-state index is 10.6. The number of nitroso groups, excluding NO2 is 1. The van der Waals surface area contributed by atoms with E-state index in [-0.39, 0.29) is 11.4 Å². The molecule has 2 aromatic carbocycles. The summed E-state index contributed by atoms with van der Waals surface area (Å²) >= 11 is 5.28. The van der Waals surface area contributed by atoms with Crippen molar-refractivity contribution < 1.29 is 9.84 Å². The second-order valence-corrected chi connectivity index (χ2v) is 5.07. The minimum atomic E-state index is -0.111. The second kappa shape index (κ2) is 6.01. The van der Waals surface area contributed by atoms with Gasteiger partial charge in [0.25, 0.3) is 0 Å². The van der Waals surface area contributed by atoms with Crippen LogP contribution in [0, 0.1) is 9.68 Å². The summed E-state index contributed by atoms with van der Waals surface area (Å²) in [6.07, 6.45) is 0. The molecule has 3 rings (SSSR count). The van der Waals surface area contributed by atoms with Crippen LogP contribution in [0.3, 0.4) is 0 Å². The van der Waals surface area contributed by atoms with Gasteiger partial charge in [-0.25, -0.2) is 0 Å². The number of benzene rings is 2. The zero-order valence-electron chi connectivity index (χ0n) is 12.1. The lowest BCUT2D eigenvalue weighted by Crippen LogP contribution is -1.98. The van der Waals surface area contributed by atoms with Gasteiger partial charge in [0.15, 0.2) is 10.6 Å². The topological polar surface area (TPSA) is 92.5 Å². The third-order valence-corrected chi connectivity index (χ3v) is 3.59. The Morgan fingerprint density at radius 2 is 2.13 bits per heavy atom. The zero-order chi connectivity index (χ0) is 16.4. The molecule has 0 fully saturated rings. The Hall–Kier alpha value is -3.00. The molecule has 1 heterocycles. The van der Waals surface area contributed by atoms with Gasteiger partial charge in [-0.15, -0.1) is 4.91 Å². The predicted octanol–water partition coefficient (Wildman–Crippen LogP) is 3.71. The third kappa shape index (κ3) is 2.71. The van der Waals surface area contributed by atoms with Gasteiger partial charge in [-0.2, -0.15) is 5.10 Å². The van der Waals surface area contributed by atoms with E-state index in [1.165, 1.54) is 12.1 Å². The van der Waals surface area contributed by atoms with Crippen molar-refractivity contribution >= 4 is 17.9 Å². The van der Waals surface area contributed by atoms with Crippen molar-refractivity contribution in [3.8, 4) is 28.6 Å². The maximum Gasteiger partial charge on any atom is 0.200 e. The van der Waals surface area contributed by atoms with E-state index in [0.29, 0.717) is 21.9 Å². The van der Waals surface area contributed by atoms with Crippen LogP contribution in [0.5, 0.6) is 11.5 Å². The number of aromatic hydroxyl groups is 1. The summed E-state index contributed by atoms with van der Waals surface area (Å²) in [6.45, 7) is 0. The van der Waals surface area contributed by atoms with Gasteiger partial charge in [0.1, 0.15) is 17.2 Å². The first kappa shape index (κ1) is 14.9. The maximum absolute atomic E-state index is 10.6. The first-order valence-corrected chi connectivity index (χ1v) is 7.03. The molecule has 0 unspecified atom stereocenters. The highest BCUT2D eigenvalue weighted by Crippen LogP contribution is 2.33. The molecule has 2 N–H and O–H groups in total. The molecular weight excluding hydrogens is 316 g/mol. The smallest absolute Gasteiger partial charge is 0.200 e. The Balaban J connectivity index is 2.19. The highest BCUT2D eigenvalue weighted by molar-refractivity contribution is 7.71. The van der Waals surface area contributed by atoms with Crippen molar-refractivity contribution in [2.75, 3.05) is 7.11 Å². The lowest BCUT2D eigenvalue weighted by atomic mass is 10.1. The molecule has 116 valence electrons. The average Bonchev–Trinajstić information content (AvgIpc) is 2.96. The zero-order valence-corrected chi connectivity index (χ0v) is 12.9. The average molecular weight is 328 g/mol. The number of rotatable bonds is 4. The Morgan fingerprint density at radius 1 is 1.30 bits per heavy atom. The second-order valence-electron chi connectivity index (χ2n) is 4.68. The first-order valence-electron chi connectivity index (χ1n) is 6.62. The fraction of sp³-hybridized carbons (Fsp3) is 0.0667. The number of aromatic amines is 1. The van der Waals surface area contributed by atoms with E-state index in [4.69, 9.17) is 17.0 Å². The molecule has 7 nitrogen and oxygen atoms in total. The number of ether oxygens (including phenoxy) is 1. The minimum absolute atomic E-state index is 0.111. The van der Waals surface area contributed by atoms with Crippen LogP contribution in [0.1, 0.15) is 0 Å². The van der Waals surface area contributed by atoms with Crippen molar-refractivity contribution in [2.24, 2.45) is 5.18 Å². The number of aromatic nitrogens is 3. The highest BCUT2D eigenvalue weighted by Gasteiger charge is 2.15. The van der Waals surface area contributed by atoms with Crippen LogP contribution in [0.25, 0.3) is 17.1 Å². The van der Waals surface area contributed by atoms with E-state index in [0.717, 1.165) is 5.69 Å².